The molecule has 1 aromatic heterocycles. The molecule has 122 valence electrons. The third kappa shape index (κ3) is 5.21. The van der Waals surface area contributed by atoms with Crippen molar-refractivity contribution in [1.29, 1.82) is 0 Å². The number of hydrazone groups is 1. The molecular formula is C16H19BrN4O2. The maximum absolute atomic E-state index is 11.5. The summed E-state index contributed by atoms with van der Waals surface area (Å²) in [5.41, 5.74) is 4.14. The minimum absolute atomic E-state index is 0.199. The van der Waals surface area contributed by atoms with Crippen molar-refractivity contribution in [2.24, 2.45) is 5.10 Å². The molecular weight excluding hydrogens is 360 g/mol. The molecule has 0 saturated heterocycles. The fourth-order valence-electron chi connectivity index (χ4n) is 1.84. The van der Waals surface area contributed by atoms with Gasteiger partial charge in [-0.3, -0.25) is 9.78 Å². The summed E-state index contributed by atoms with van der Waals surface area (Å²) in [6.07, 6.45) is 3.29. The van der Waals surface area contributed by atoms with E-state index in [4.69, 9.17) is 4.74 Å². The van der Waals surface area contributed by atoms with Gasteiger partial charge in [-0.15, -0.1) is 0 Å². The number of aromatic nitrogens is 2. The summed E-state index contributed by atoms with van der Waals surface area (Å²) in [6, 6.07) is 7.17. The zero-order valence-corrected chi connectivity index (χ0v) is 14.7. The van der Waals surface area contributed by atoms with Crippen molar-refractivity contribution in [3.05, 3.63) is 50.3 Å². The van der Waals surface area contributed by atoms with Gasteiger partial charge in [-0.05, 0) is 52.5 Å². The average Bonchev–Trinajstić information content (AvgIpc) is 2.53. The minimum Gasteiger partial charge on any atom is -0.492 e. The van der Waals surface area contributed by atoms with E-state index in [2.05, 4.69) is 43.3 Å². The van der Waals surface area contributed by atoms with Crippen LogP contribution >= 0.6 is 15.9 Å². The number of anilines is 1. The Balaban J connectivity index is 2.04. The zero-order chi connectivity index (χ0) is 16.7. The van der Waals surface area contributed by atoms with Gasteiger partial charge in [0.15, 0.2) is 0 Å². The molecule has 0 radical (unpaired) electrons. The van der Waals surface area contributed by atoms with E-state index >= 15 is 0 Å². The van der Waals surface area contributed by atoms with Crippen molar-refractivity contribution < 1.29 is 4.74 Å². The van der Waals surface area contributed by atoms with Crippen LogP contribution in [0.4, 0.5) is 5.95 Å². The SMILES string of the molecule is CCCOc1ccc(/C=N\Nc2nc(CC)cc(=O)[nH]2)cc1Br. The highest BCUT2D eigenvalue weighted by Gasteiger charge is 2.02. The van der Waals surface area contributed by atoms with Gasteiger partial charge < -0.3 is 4.74 Å². The molecule has 0 aliphatic carbocycles. The highest BCUT2D eigenvalue weighted by atomic mass is 79.9. The number of aryl methyl sites for hydroxylation is 1. The molecule has 2 rings (SSSR count). The van der Waals surface area contributed by atoms with Crippen LogP contribution in [0.2, 0.25) is 0 Å². The van der Waals surface area contributed by atoms with E-state index < -0.39 is 0 Å². The monoisotopic (exact) mass is 378 g/mol. The van der Waals surface area contributed by atoms with Crippen molar-refractivity contribution in [3.63, 3.8) is 0 Å². The van der Waals surface area contributed by atoms with Crippen LogP contribution in [0.5, 0.6) is 5.75 Å². The lowest BCUT2D eigenvalue weighted by atomic mass is 10.2. The van der Waals surface area contributed by atoms with Crippen LogP contribution in [0.1, 0.15) is 31.5 Å². The van der Waals surface area contributed by atoms with Crippen molar-refractivity contribution in [1.82, 2.24) is 9.97 Å². The molecule has 1 heterocycles. The summed E-state index contributed by atoms with van der Waals surface area (Å²) in [4.78, 5) is 18.3. The van der Waals surface area contributed by atoms with Crippen LogP contribution in [0.25, 0.3) is 0 Å². The van der Waals surface area contributed by atoms with Crippen molar-refractivity contribution >= 4 is 28.1 Å². The molecule has 0 aliphatic rings. The second-order valence-electron chi connectivity index (χ2n) is 4.85. The number of halogens is 1. The van der Waals surface area contributed by atoms with Crippen LogP contribution < -0.4 is 15.7 Å². The van der Waals surface area contributed by atoms with Crippen molar-refractivity contribution in [2.45, 2.75) is 26.7 Å². The maximum atomic E-state index is 11.5. The van der Waals surface area contributed by atoms with E-state index in [0.717, 1.165) is 22.2 Å². The number of rotatable bonds is 7. The summed E-state index contributed by atoms with van der Waals surface area (Å²) in [5.74, 6) is 1.13. The highest BCUT2D eigenvalue weighted by molar-refractivity contribution is 9.10. The summed E-state index contributed by atoms with van der Waals surface area (Å²) >= 11 is 3.48. The van der Waals surface area contributed by atoms with Crippen LogP contribution in [0.15, 0.2) is 38.6 Å². The van der Waals surface area contributed by atoms with Gasteiger partial charge in [0.25, 0.3) is 5.56 Å². The van der Waals surface area contributed by atoms with Gasteiger partial charge in [0.05, 0.1) is 17.3 Å². The first kappa shape index (κ1) is 17.2. The van der Waals surface area contributed by atoms with Gasteiger partial charge >= 0.3 is 0 Å². The Labute approximate surface area is 143 Å². The Hall–Kier alpha value is -2.15. The number of nitrogens with one attached hydrogen (secondary N) is 2. The molecule has 6 nitrogen and oxygen atoms in total. The molecule has 0 spiro atoms. The Morgan fingerprint density at radius 1 is 1.39 bits per heavy atom. The number of hydrogen-bond donors (Lipinski definition) is 2. The first-order chi connectivity index (χ1) is 11.1. The topological polar surface area (TPSA) is 79.4 Å². The third-order valence-corrected chi connectivity index (χ3v) is 3.58. The molecule has 0 aliphatic heterocycles. The van der Waals surface area contributed by atoms with Gasteiger partial charge in [0, 0.05) is 11.8 Å². The molecule has 0 bridgehead atoms. The largest absolute Gasteiger partial charge is 0.492 e. The van der Waals surface area contributed by atoms with Crippen LogP contribution in [0.3, 0.4) is 0 Å². The number of nitrogens with zero attached hydrogens (tertiary/aromatic N) is 2. The fraction of sp³-hybridized carbons (Fsp3) is 0.312. The quantitative estimate of drug-likeness (QED) is 0.571. The molecule has 1 aromatic carbocycles. The van der Waals surface area contributed by atoms with Crippen molar-refractivity contribution in [2.75, 3.05) is 12.0 Å². The van der Waals surface area contributed by atoms with Crippen molar-refractivity contribution in [3.8, 4) is 5.75 Å². The van der Waals surface area contributed by atoms with E-state index in [-0.39, 0.29) is 5.56 Å². The van der Waals surface area contributed by atoms with Gasteiger partial charge in [-0.25, -0.2) is 10.4 Å². The summed E-state index contributed by atoms with van der Waals surface area (Å²) in [6.45, 7) is 4.68. The standard InChI is InChI=1S/C16H19BrN4O2/c1-3-7-23-14-6-5-11(8-13(14)17)10-18-21-16-19-12(4-2)9-15(22)20-16/h5-6,8-10H,3-4,7H2,1-2H3,(H2,19,20,21,22)/b18-10-. The fourth-order valence-corrected chi connectivity index (χ4v) is 2.35. The van der Waals surface area contributed by atoms with E-state index in [1.54, 1.807) is 6.21 Å². The average molecular weight is 379 g/mol. The number of hydrogen-bond acceptors (Lipinski definition) is 5. The first-order valence-electron chi connectivity index (χ1n) is 7.44. The Morgan fingerprint density at radius 3 is 2.91 bits per heavy atom. The lowest BCUT2D eigenvalue weighted by molar-refractivity contribution is 0.315. The number of benzene rings is 1. The second-order valence-corrected chi connectivity index (χ2v) is 5.70. The second kappa shape index (κ2) is 8.47. The molecule has 0 amide bonds. The van der Waals surface area contributed by atoms with Gasteiger partial charge in [0.1, 0.15) is 5.75 Å². The summed E-state index contributed by atoms with van der Waals surface area (Å²) in [5, 5.41) is 4.09. The first-order valence-corrected chi connectivity index (χ1v) is 8.23. The van der Waals surface area contributed by atoms with Crippen LogP contribution in [0, 0.1) is 0 Å². The normalized spacial score (nSPS) is 10.9. The molecule has 0 unspecified atom stereocenters. The minimum atomic E-state index is -0.199. The predicted molar refractivity (Wildman–Crippen MR) is 95.4 cm³/mol. The van der Waals surface area contributed by atoms with Gasteiger partial charge in [0.2, 0.25) is 5.95 Å². The van der Waals surface area contributed by atoms with Gasteiger partial charge in [-0.1, -0.05) is 13.8 Å². The lowest BCUT2D eigenvalue weighted by Gasteiger charge is -2.07. The van der Waals surface area contributed by atoms with E-state index in [9.17, 15) is 4.79 Å². The summed E-state index contributed by atoms with van der Waals surface area (Å²) in [7, 11) is 0. The molecule has 23 heavy (non-hydrogen) atoms. The molecule has 2 N–H and O–H groups in total. The van der Waals surface area contributed by atoms with E-state index in [0.29, 0.717) is 24.7 Å². The van der Waals surface area contributed by atoms with Crippen LogP contribution in [-0.4, -0.2) is 22.8 Å². The van der Waals surface area contributed by atoms with E-state index in [1.807, 2.05) is 25.1 Å². The number of H-pyrrole nitrogens is 1. The van der Waals surface area contributed by atoms with E-state index in [1.165, 1.54) is 6.07 Å². The Morgan fingerprint density at radius 2 is 2.22 bits per heavy atom. The Kier molecular flexibility index (Phi) is 6.34. The molecule has 0 saturated carbocycles. The Bertz CT molecular complexity index is 743. The number of ether oxygens (including phenoxy) is 1. The predicted octanol–water partition coefficient (Wildman–Crippen LogP) is 3.33. The molecule has 0 fully saturated rings. The zero-order valence-electron chi connectivity index (χ0n) is 13.1. The van der Waals surface area contributed by atoms with Crippen LogP contribution in [-0.2, 0) is 6.42 Å². The smallest absolute Gasteiger partial charge is 0.252 e. The molecule has 2 aromatic rings. The maximum Gasteiger partial charge on any atom is 0.252 e. The molecule has 0 atom stereocenters. The number of aromatic amines is 1. The highest BCUT2D eigenvalue weighted by Crippen LogP contribution is 2.25. The third-order valence-electron chi connectivity index (χ3n) is 2.96. The van der Waals surface area contributed by atoms with Gasteiger partial charge in [-0.2, -0.15) is 5.10 Å². The lowest BCUT2D eigenvalue weighted by Crippen LogP contribution is -2.11. The summed E-state index contributed by atoms with van der Waals surface area (Å²) < 4.78 is 6.47. The molecule has 7 heteroatoms.